The highest BCUT2D eigenvalue weighted by Crippen LogP contribution is 2.32. The van der Waals surface area contributed by atoms with Crippen molar-refractivity contribution >= 4 is 23.4 Å². The summed E-state index contributed by atoms with van der Waals surface area (Å²) in [5, 5.41) is 5.05. The molecule has 1 aromatic heterocycles. The zero-order valence-corrected chi connectivity index (χ0v) is 16.2. The number of amides is 3. The number of allylic oxidation sites excluding steroid dienone is 2. The molecule has 0 spiro atoms. The van der Waals surface area contributed by atoms with Crippen LogP contribution >= 0.6 is 0 Å². The summed E-state index contributed by atoms with van der Waals surface area (Å²) in [5.74, 6) is -0.485. The molecule has 0 unspecified atom stereocenters. The third-order valence-corrected chi connectivity index (χ3v) is 5.17. The number of carbonyl (C=O) groups excluding carboxylic acids is 3. The van der Waals surface area contributed by atoms with Gasteiger partial charge in [-0.05, 0) is 31.0 Å². The average molecular weight is 395 g/mol. The van der Waals surface area contributed by atoms with Crippen LogP contribution in [0.3, 0.4) is 0 Å². The molecule has 2 aromatic rings. The molecule has 1 saturated heterocycles. The van der Waals surface area contributed by atoms with E-state index in [1.165, 1.54) is 9.91 Å². The van der Waals surface area contributed by atoms with E-state index in [9.17, 15) is 14.4 Å². The lowest BCUT2D eigenvalue weighted by atomic mass is 9.80. The van der Waals surface area contributed by atoms with E-state index in [2.05, 4.69) is 15.6 Å². The summed E-state index contributed by atoms with van der Waals surface area (Å²) in [5.41, 5.74) is 3.51. The van der Waals surface area contributed by atoms with E-state index in [4.69, 9.17) is 4.52 Å². The van der Waals surface area contributed by atoms with Crippen molar-refractivity contribution < 1.29 is 18.9 Å². The second kappa shape index (κ2) is 7.50. The lowest BCUT2D eigenvalue weighted by Crippen LogP contribution is -2.59. The van der Waals surface area contributed by atoms with E-state index in [0.29, 0.717) is 35.8 Å². The number of anilines is 1. The molecule has 1 fully saturated rings. The Hall–Kier alpha value is -3.49. The van der Waals surface area contributed by atoms with Gasteiger partial charge in [-0.2, -0.15) is 4.98 Å². The summed E-state index contributed by atoms with van der Waals surface area (Å²) in [6.07, 6.45) is 4.97. The molecule has 2 atom stereocenters. The number of benzene rings is 1. The minimum atomic E-state index is -0.378. The molecule has 1 N–H and O–H groups in total. The quantitative estimate of drug-likeness (QED) is 0.788. The summed E-state index contributed by atoms with van der Waals surface area (Å²) >= 11 is 0. The van der Waals surface area contributed by atoms with E-state index in [1.807, 2.05) is 12.2 Å². The number of hydrogen-bond donors (Lipinski definition) is 1. The Morgan fingerprint density at radius 2 is 2.03 bits per heavy atom. The van der Waals surface area contributed by atoms with Crippen molar-refractivity contribution in [3.63, 3.8) is 0 Å². The second-order valence-corrected chi connectivity index (χ2v) is 7.25. The largest absolute Gasteiger partial charge is 0.340 e. The highest BCUT2D eigenvalue weighted by molar-refractivity contribution is 6.05. The monoisotopic (exact) mass is 395 g/mol. The van der Waals surface area contributed by atoms with Crippen molar-refractivity contribution in [3.8, 4) is 0 Å². The van der Waals surface area contributed by atoms with Crippen molar-refractivity contribution in [3.05, 3.63) is 53.7 Å². The lowest BCUT2D eigenvalue weighted by Gasteiger charge is -2.38. The predicted molar refractivity (Wildman–Crippen MR) is 102 cm³/mol. The first-order valence-corrected chi connectivity index (χ1v) is 9.38. The topological polar surface area (TPSA) is 109 Å². The Morgan fingerprint density at radius 1 is 1.28 bits per heavy atom. The maximum Gasteiger partial charge on any atom is 0.254 e. The zero-order valence-electron chi connectivity index (χ0n) is 16.2. The normalized spacial score (nSPS) is 21.0. The molecule has 1 aromatic carbocycles. The molecule has 0 radical (unpaired) electrons. The zero-order chi connectivity index (χ0) is 20.5. The molecule has 2 heterocycles. The average Bonchev–Trinajstić information content (AvgIpc) is 3.14. The first kappa shape index (κ1) is 18.9. The van der Waals surface area contributed by atoms with Gasteiger partial charge in [-0.15, -0.1) is 0 Å². The smallest absolute Gasteiger partial charge is 0.254 e. The number of fused-ring (bicyclic) bond motifs is 1. The minimum absolute atomic E-state index is 0.167. The van der Waals surface area contributed by atoms with Crippen LogP contribution < -0.4 is 10.4 Å². The molecule has 4 rings (SSSR count). The van der Waals surface area contributed by atoms with Crippen molar-refractivity contribution in [2.24, 2.45) is 11.8 Å². The maximum atomic E-state index is 12.9. The van der Waals surface area contributed by atoms with Crippen LogP contribution in [0.4, 0.5) is 5.69 Å². The van der Waals surface area contributed by atoms with Gasteiger partial charge in [-0.3, -0.25) is 19.8 Å². The first-order valence-electron chi connectivity index (χ1n) is 9.38. The number of nitrogens with one attached hydrogen (secondary N) is 1. The summed E-state index contributed by atoms with van der Waals surface area (Å²) in [6, 6.07) is 6.63. The number of carbonyl (C=O) groups is 3. The van der Waals surface area contributed by atoms with Crippen LogP contribution in [-0.2, 0) is 16.1 Å². The first-order chi connectivity index (χ1) is 13.9. The van der Waals surface area contributed by atoms with Crippen molar-refractivity contribution in [2.75, 3.05) is 12.1 Å². The van der Waals surface area contributed by atoms with E-state index in [0.717, 1.165) is 0 Å². The van der Waals surface area contributed by atoms with E-state index >= 15 is 0 Å². The Bertz CT molecular complexity index is 998. The highest BCUT2D eigenvalue weighted by Gasteiger charge is 2.42. The number of hydrazine groups is 1. The highest BCUT2D eigenvalue weighted by atomic mass is 16.5. The number of hydrogen-bond acceptors (Lipinski definition) is 6. The number of rotatable bonds is 4. The van der Waals surface area contributed by atoms with Gasteiger partial charge in [0.05, 0.1) is 24.1 Å². The van der Waals surface area contributed by atoms with Crippen LogP contribution in [0.5, 0.6) is 0 Å². The van der Waals surface area contributed by atoms with Crippen LogP contribution in [0.15, 0.2) is 40.9 Å². The molecule has 150 valence electrons. The lowest BCUT2D eigenvalue weighted by molar-refractivity contribution is -0.139. The molecule has 9 nitrogen and oxygen atoms in total. The van der Waals surface area contributed by atoms with Gasteiger partial charge in [-0.1, -0.05) is 23.4 Å². The Morgan fingerprint density at radius 3 is 2.76 bits per heavy atom. The van der Waals surface area contributed by atoms with Crippen LogP contribution in [0, 0.1) is 18.8 Å². The second-order valence-electron chi connectivity index (χ2n) is 7.25. The van der Waals surface area contributed by atoms with Gasteiger partial charge < -0.3 is 9.42 Å². The summed E-state index contributed by atoms with van der Waals surface area (Å²) in [4.78, 5) is 43.7. The van der Waals surface area contributed by atoms with Gasteiger partial charge in [0.25, 0.3) is 5.91 Å². The van der Waals surface area contributed by atoms with Crippen molar-refractivity contribution in [1.29, 1.82) is 0 Å². The van der Waals surface area contributed by atoms with E-state index in [1.54, 1.807) is 38.2 Å². The standard InChI is InChI=1S/C20H21N5O4/c1-12-21-17(23-29-12)11-24(2)19(27)13-6-5-7-14(10-13)25-20(28)16-9-4-3-8-15(16)18(26)22-25/h3-7,10,15-16H,8-9,11H2,1-2H3,(H,22,26)/t15-,16+/m1/s1. The van der Waals surface area contributed by atoms with Gasteiger partial charge in [0.15, 0.2) is 5.82 Å². The maximum absolute atomic E-state index is 12.9. The van der Waals surface area contributed by atoms with Crippen molar-refractivity contribution in [1.82, 2.24) is 20.5 Å². The predicted octanol–water partition coefficient (Wildman–Crippen LogP) is 1.61. The van der Waals surface area contributed by atoms with Gasteiger partial charge in [0.2, 0.25) is 17.7 Å². The third kappa shape index (κ3) is 3.63. The summed E-state index contributed by atoms with van der Waals surface area (Å²) < 4.78 is 4.93. The van der Waals surface area contributed by atoms with Gasteiger partial charge in [-0.25, -0.2) is 5.01 Å². The Kier molecular flexibility index (Phi) is 4.87. The van der Waals surface area contributed by atoms with Crippen LogP contribution in [0.2, 0.25) is 0 Å². The summed E-state index contributed by atoms with van der Waals surface area (Å²) in [7, 11) is 1.63. The molecule has 3 amide bonds. The van der Waals surface area contributed by atoms with E-state index in [-0.39, 0.29) is 36.1 Å². The molecular weight excluding hydrogens is 374 g/mol. The molecule has 0 saturated carbocycles. The van der Waals surface area contributed by atoms with E-state index < -0.39 is 0 Å². The van der Waals surface area contributed by atoms with Gasteiger partial charge in [0.1, 0.15) is 0 Å². The summed E-state index contributed by atoms with van der Waals surface area (Å²) in [6.45, 7) is 1.87. The van der Waals surface area contributed by atoms with Crippen LogP contribution in [0.1, 0.15) is 34.9 Å². The molecule has 29 heavy (non-hydrogen) atoms. The van der Waals surface area contributed by atoms with Gasteiger partial charge in [0, 0.05) is 19.5 Å². The Balaban J connectivity index is 1.53. The van der Waals surface area contributed by atoms with Gasteiger partial charge >= 0.3 is 0 Å². The molecule has 1 aliphatic carbocycles. The fourth-order valence-corrected chi connectivity index (χ4v) is 3.67. The number of nitrogens with zero attached hydrogens (tertiary/aromatic N) is 4. The molecule has 1 aliphatic heterocycles. The third-order valence-electron chi connectivity index (χ3n) is 5.17. The number of aryl methyl sites for hydroxylation is 1. The van der Waals surface area contributed by atoms with Crippen LogP contribution in [0.25, 0.3) is 0 Å². The Labute approximate surface area is 167 Å². The molecule has 2 aliphatic rings. The molecule has 9 heteroatoms. The molecular formula is C20H21N5O4. The minimum Gasteiger partial charge on any atom is -0.340 e. The fourth-order valence-electron chi connectivity index (χ4n) is 3.67. The van der Waals surface area contributed by atoms with Crippen molar-refractivity contribution in [2.45, 2.75) is 26.3 Å². The fraction of sp³-hybridized carbons (Fsp3) is 0.350. The van der Waals surface area contributed by atoms with Crippen LogP contribution in [-0.4, -0.2) is 39.8 Å². The molecule has 0 bridgehead atoms. The SMILES string of the molecule is Cc1nc(CN(C)C(=O)c2cccc(N3NC(=O)[C@@H]4CC=CC[C@@H]4C3=O)c2)no1. The number of aromatic nitrogens is 2.